The molecule has 1 aromatic rings. The van der Waals surface area contributed by atoms with Crippen LogP contribution in [0.1, 0.15) is 19.4 Å². The number of amides is 1. The van der Waals surface area contributed by atoms with Crippen LogP contribution in [0, 0.1) is 0 Å². The number of aromatic nitrogens is 1. The van der Waals surface area contributed by atoms with Crippen molar-refractivity contribution in [2.24, 2.45) is 0 Å². The van der Waals surface area contributed by atoms with E-state index in [1.54, 1.807) is 12.4 Å². The van der Waals surface area contributed by atoms with E-state index in [-0.39, 0.29) is 11.9 Å². The summed E-state index contributed by atoms with van der Waals surface area (Å²) in [5.74, 6) is -3.63. The Morgan fingerprint density at radius 1 is 1.24 bits per heavy atom. The van der Waals surface area contributed by atoms with Crippen LogP contribution in [0.2, 0.25) is 0 Å². The van der Waals surface area contributed by atoms with Crippen molar-refractivity contribution >= 4 is 17.8 Å². The highest BCUT2D eigenvalue weighted by Gasteiger charge is 2.04. The van der Waals surface area contributed by atoms with Gasteiger partial charge in [-0.2, -0.15) is 0 Å². The summed E-state index contributed by atoms with van der Waals surface area (Å²) in [6.07, 6.45) is 3.52. The van der Waals surface area contributed by atoms with Crippen molar-refractivity contribution in [3.63, 3.8) is 0 Å². The third-order valence-electron chi connectivity index (χ3n) is 1.97. The standard InChI is InChI=1S/C11H17N3O.C2H2O4/c1-9(2)14-11(15)8-13-7-10-4-3-5-12-6-10;3-1(4)2(5)6/h3-6,9,13H,7-8H2,1-2H3,(H,14,15);(H,3,4)(H,5,6). The molecule has 0 atom stereocenters. The fraction of sp³-hybridized carbons (Fsp3) is 0.385. The summed E-state index contributed by atoms with van der Waals surface area (Å²) in [5.41, 5.74) is 1.08. The van der Waals surface area contributed by atoms with Gasteiger partial charge in [-0.05, 0) is 25.5 Å². The lowest BCUT2D eigenvalue weighted by atomic mass is 10.3. The monoisotopic (exact) mass is 297 g/mol. The van der Waals surface area contributed by atoms with Gasteiger partial charge < -0.3 is 20.8 Å². The number of nitrogens with one attached hydrogen (secondary N) is 2. The highest BCUT2D eigenvalue weighted by Crippen LogP contribution is 1.93. The molecule has 1 amide bonds. The van der Waals surface area contributed by atoms with Crippen molar-refractivity contribution in [2.75, 3.05) is 6.54 Å². The molecule has 0 aliphatic carbocycles. The van der Waals surface area contributed by atoms with Crippen LogP contribution < -0.4 is 10.6 Å². The minimum absolute atomic E-state index is 0.0221. The summed E-state index contributed by atoms with van der Waals surface area (Å²) in [5, 5.41) is 20.6. The molecule has 8 heteroatoms. The van der Waals surface area contributed by atoms with E-state index in [0.717, 1.165) is 5.56 Å². The zero-order chi connectivity index (χ0) is 16.3. The number of carbonyl (C=O) groups is 3. The molecule has 0 unspecified atom stereocenters. The van der Waals surface area contributed by atoms with Gasteiger partial charge in [0, 0.05) is 25.0 Å². The van der Waals surface area contributed by atoms with Crippen molar-refractivity contribution in [2.45, 2.75) is 26.4 Å². The maximum Gasteiger partial charge on any atom is 0.414 e. The molecule has 0 radical (unpaired) electrons. The Hall–Kier alpha value is -2.48. The fourth-order valence-corrected chi connectivity index (χ4v) is 1.20. The van der Waals surface area contributed by atoms with Crippen LogP contribution in [-0.2, 0) is 20.9 Å². The van der Waals surface area contributed by atoms with Gasteiger partial charge in [0.25, 0.3) is 0 Å². The van der Waals surface area contributed by atoms with Gasteiger partial charge in [0.2, 0.25) is 5.91 Å². The van der Waals surface area contributed by atoms with E-state index in [1.807, 2.05) is 26.0 Å². The number of carboxylic acids is 2. The molecule has 1 heterocycles. The van der Waals surface area contributed by atoms with Crippen LogP contribution >= 0.6 is 0 Å². The fourth-order valence-electron chi connectivity index (χ4n) is 1.20. The van der Waals surface area contributed by atoms with E-state index in [1.165, 1.54) is 0 Å². The molecule has 0 saturated heterocycles. The average molecular weight is 297 g/mol. The third-order valence-corrected chi connectivity index (χ3v) is 1.97. The van der Waals surface area contributed by atoms with Gasteiger partial charge in [-0.25, -0.2) is 9.59 Å². The van der Waals surface area contributed by atoms with E-state index in [2.05, 4.69) is 15.6 Å². The first kappa shape index (κ1) is 18.5. The van der Waals surface area contributed by atoms with Crippen LogP contribution in [0.3, 0.4) is 0 Å². The number of hydrogen-bond donors (Lipinski definition) is 4. The molecule has 1 aromatic heterocycles. The Kier molecular flexibility index (Phi) is 9.11. The summed E-state index contributed by atoms with van der Waals surface area (Å²) in [6.45, 7) is 4.89. The number of pyridine rings is 1. The van der Waals surface area contributed by atoms with E-state index >= 15 is 0 Å². The Bertz CT molecular complexity index is 450. The topological polar surface area (TPSA) is 129 Å². The zero-order valence-corrected chi connectivity index (χ0v) is 11.9. The van der Waals surface area contributed by atoms with Gasteiger partial charge in [-0.3, -0.25) is 9.78 Å². The quantitative estimate of drug-likeness (QED) is 0.556. The number of hydrogen-bond acceptors (Lipinski definition) is 5. The second kappa shape index (κ2) is 10.3. The van der Waals surface area contributed by atoms with E-state index in [9.17, 15) is 4.79 Å². The second-order valence-corrected chi connectivity index (χ2v) is 4.30. The molecule has 116 valence electrons. The van der Waals surface area contributed by atoms with Crippen LogP contribution in [-0.4, -0.2) is 45.6 Å². The van der Waals surface area contributed by atoms with Gasteiger partial charge in [0.15, 0.2) is 0 Å². The van der Waals surface area contributed by atoms with E-state index < -0.39 is 11.9 Å². The van der Waals surface area contributed by atoms with Gasteiger partial charge in [-0.1, -0.05) is 6.07 Å². The molecule has 21 heavy (non-hydrogen) atoms. The summed E-state index contributed by atoms with van der Waals surface area (Å²) in [4.78, 5) is 33.4. The lowest BCUT2D eigenvalue weighted by molar-refractivity contribution is -0.159. The Balaban J connectivity index is 0.000000567. The van der Waals surface area contributed by atoms with Gasteiger partial charge in [0.1, 0.15) is 0 Å². The molecule has 1 rings (SSSR count). The molecule has 0 aromatic carbocycles. The maximum atomic E-state index is 11.3. The Morgan fingerprint density at radius 2 is 1.86 bits per heavy atom. The van der Waals surface area contributed by atoms with Crippen molar-refractivity contribution in [1.82, 2.24) is 15.6 Å². The van der Waals surface area contributed by atoms with Crippen molar-refractivity contribution in [1.29, 1.82) is 0 Å². The first-order chi connectivity index (χ1) is 9.82. The smallest absolute Gasteiger partial charge is 0.414 e. The van der Waals surface area contributed by atoms with E-state index in [0.29, 0.717) is 13.1 Å². The van der Waals surface area contributed by atoms with Crippen LogP contribution in [0.15, 0.2) is 24.5 Å². The van der Waals surface area contributed by atoms with Crippen molar-refractivity contribution in [3.05, 3.63) is 30.1 Å². The number of carbonyl (C=O) groups excluding carboxylic acids is 1. The van der Waals surface area contributed by atoms with Crippen LogP contribution in [0.5, 0.6) is 0 Å². The summed E-state index contributed by atoms with van der Waals surface area (Å²) in [7, 11) is 0. The van der Waals surface area contributed by atoms with Crippen LogP contribution in [0.25, 0.3) is 0 Å². The maximum absolute atomic E-state index is 11.3. The van der Waals surface area contributed by atoms with Gasteiger partial charge in [0.05, 0.1) is 6.54 Å². The Labute approximate surface area is 122 Å². The summed E-state index contributed by atoms with van der Waals surface area (Å²) >= 11 is 0. The molecule has 4 N–H and O–H groups in total. The molecular weight excluding hydrogens is 278 g/mol. The summed E-state index contributed by atoms with van der Waals surface area (Å²) in [6, 6.07) is 4.05. The number of nitrogens with zero attached hydrogens (tertiary/aromatic N) is 1. The molecule has 0 spiro atoms. The summed E-state index contributed by atoms with van der Waals surface area (Å²) < 4.78 is 0. The molecule has 0 aliphatic heterocycles. The van der Waals surface area contributed by atoms with Crippen LogP contribution in [0.4, 0.5) is 0 Å². The third kappa shape index (κ3) is 11.1. The minimum Gasteiger partial charge on any atom is -0.473 e. The van der Waals surface area contributed by atoms with Crippen molar-refractivity contribution in [3.8, 4) is 0 Å². The molecule has 0 bridgehead atoms. The lowest BCUT2D eigenvalue weighted by Gasteiger charge is -2.08. The second-order valence-electron chi connectivity index (χ2n) is 4.30. The SMILES string of the molecule is CC(C)NC(=O)CNCc1cccnc1.O=C(O)C(=O)O. The van der Waals surface area contributed by atoms with Crippen molar-refractivity contribution < 1.29 is 24.6 Å². The zero-order valence-electron chi connectivity index (χ0n) is 11.9. The highest BCUT2D eigenvalue weighted by molar-refractivity contribution is 6.27. The predicted molar refractivity (Wildman–Crippen MR) is 74.5 cm³/mol. The number of aliphatic carboxylic acids is 2. The van der Waals surface area contributed by atoms with Gasteiger partial charge in [-0.15, -0.1) is 0 Å². The Morgan fingerprint density at radius 3 is 2.29 bits per heavy atom. The normalized spacial score (nSPS) is 9.48. The van der Waals surface area contributed by atoms with E-state index in [4.69, 9.17) is 19.8 Å². The first-order valence-electron chi connectivity index (χ1n) is 6.18. The molecule has 0 fully saturated rings. The average Bonchev–Trinajstić information content (AvgIpc) is 2.39. The number of carboxylic acid groups (broad SMARTS) is 2. The minimum atomic E-state index is -1.82. The predicted octanol–water partition coefficient (Wildman–Crippen LogP) is -0.149. The molecule has 0 aliphatic rings. The molecule has 0 saturated carbocycles. The molecule has 8 nitrogen and oxygen atoms in total. The van der Waals surface area contributed by atoms with Gasteiger partial charge >= 0.3 is 11.9 Å². The lowest BCUT2D eigenvalue weighted by Crippen LogP contribution is -2.37. The first-order valence-corrected chi connectivity index (χ1v) is 6.18. The highest BCUT2D eigenvalue weighted by atomic mass is 16.4. The molecular formula is C13H19N3O5. The number of rotatable bonds is 5. The largest absolute Gasteiger partial charge is 0.473 e.